The lowest BCUT2D eigenvalue weighted by atomic mass is 10.2. The summed E-state index contributed by atoms with van der Waals surface area (Å²) in [5, 5.41) is 6.82. The molecular weight excluding hydrogens is 406 g/mol. The van der Waals surface area contributed by atoms with Gasteiger partial charge in [0.1, 0.15) is 10.0 Å². The van der Waals surface area contributed by atoms with E-state index in [0.29, 0.717) is 21.7 Å². The molecule has 3 heterocycles. The highest BCUT2D eigenvalue weighted by atomic mass is 32.2. The van der Waals surface area contributed by atoms with E-state index < -0.39 is 0 Å². The number of nitrogens with zero attached hydrogens (tertiary/aromatic N) is 3. The Balaban J connectivity index is 1.75. The standard InChI is InChI=1S/C21H19N3OS3/c1-14(2)12-23-20(25)18(28-21(23)26)11-15-13-24(16-7-4-3-5-8-16)22-19(15)17-9-6-10-27-17/h3-11,13-14H,12H2,1-2H3/b18-11-. The molecule has 0 saturated carbocycles. The van der Waals surface area contributed by atoms with Gasteiger partial charge in [0.25, 0.3) is 5.91 Å². The van der Waals surface area contributed by atoms with Crippen LogP contribution in [0.15, 0.2) is 58.9 Å². The van der Waals surface area contributed by atoms with Crippen LogP contribution in [0.25, 0.3) is 22.3 Å². The van der Waals surface area contributed by atoms with E-state index in [2.05, 4.69) is 13.8 Å². The maximum absolute atomic E-state index is 12.9. The Labute approximate surface area is 177 Å². The summed E-state index contributed by atoms with van der Waals surface area (Å²) >= 11 is 8.43. The number of carbonyl (C=O) groups is 1. The molecule has 7 heteroatoms. The summed E-state index contributed by atoms with van der Waals surface area (Å²) in [5.74, 6) is 0.345. The molecular formula is C21H19N3OS3. The highest BCUT2D eigenvalue weighted by Crippen LogP contribution is 2.36. The van der Waals surface area contributed by atoms with Crippen LogP contribution in [0.5, 0.6) is 0 Å². The number of amides is 1. The molecule has 1 fully saturated rings. The largest absolute Gasteiger partial charge is 0.293 e. The second-order valence-corrected chi connectivity index (χ2v) is 9.50. The number of hydrogen-bond donors (Lipinski definition) is 0. The third-order valence-corrected chi connectivity index (χ3v) is 6.48. The normalized spacial score (nSPS) is 16.0. The molecule has 3 aromatic rings. The highest BCUT2D eigenvalue weighted by Gasteiger charge is 2.32. The maximum Gasteiger partial charge on any atom is 0.266 e. The molecule has 28 heavy (non-hydrogen) atoms. The first-order valence-electron chi connectivity index (χ1n) is 8.97. The Bertz CT molecular complexity index is 1040. The van der Waals surface area contributed by atoms with Crippen LogP contribution in [-0.4, -0.2) is 31.5 Å². The van der Waals surface area contributed by atoms with Gasteiger partial charge in [0, 0.05) is 18.3 Å². The molecule has 1 aliphatic heterocycles. The fraction of sp³-hybridized carbons (Fsp3) is 0.190. The summed E-state index contributed by atoms with van der Waals surface area (Å²) in [6.45, 7) is 4.81. The summed E-state index contributed by atoms with van der Waals surface area (Å²) in [6, 6.07) is 14.0. The monoisotopic (exact) mass is 425 g/mol. The Morgan fingerprint density at radius 1 is 1.18 bits per heavy atom. The highest BCUT2D eigenvalue weighted by molar-refractivity contribution is 8.26. The zero-order valence-electron chi connectivity index (χ0n) is 15.5. The third-order valence-electron chi connectivity index (χ3n) is 4.23. The lowest BCUT2D eigenvalue weighted by Gasteiger charge is -2.16. The van der Waals surface area contributed by atoms with Crippen LogP contribution in [0.4, 0.5) is 0 Å². The number of thiocarbonyl (C=S) groups is 1. The molecule has 0 radical (unpaired) electrons. The van der Waals surface area contributed by atoms with Crippen molar-refractivity contribution in [2.24, 2.45) is 5.92 Å². The van der Waals surface area contributed by atoms with Gasteiger partial charge in [0.15, 0.2) is 0 Å². The van der Waals surface area contributed by atoms with Gasteiger partial charge in [-0.25, -0.2) is 4.68 Å². The van der Waals surface area contributed by atoms with E-state index in [-0.39, 0.29) is 5.91 Å². The van der Waals surface area contributed by atoms with E-state index in [1.807, 2.05) is 64.8 Å². The molecule has 1 saturated heterocycles. The van der Waals surface area contributed by atoms with E-state index in [1.165, 1.54) is 11.8 Å². The van der Waals surface area contributed by atoms with Gasteiger partial charge in [-0.2, -0.15) is 5.10 Å². The Morgan fingerprint density at radius 2 is 1.96 bits per heavy atom. The molecule has 0 unspecified atom stereocenters. The van der Waals surface area contributed by atoms with Gasteiger partial charge >= 0.3 is 0 Å². The van der Waals surface area contributed by atoms with Crippen LogP contribution in [0, 0.1) is 5.92 Å². The quantitative estimate of drug-likeness (QED) is 0.402. The van der Waals surface area contributed by atoms with Gasteiger partial charge < -0.3 is 0 Å². The van der Waals surface area contributed by atoms with Crippen molar-refractivity contribution < 1.29 is 4.79 Å². The lowest BCUT2D eigenvalue weighted by Crippen LogP contribution is -2.31. The second-order valence-electron chi connectivity index (χ2n) is 6.88. The molecule has 0 bridgehead atoms. The molecule has 0 aliphatic carbocycles. The van der Waals surface area contributed by atoms with Crippen molar-refractivity contribution in [1.82, 2.24) is 14.7 Å². The average molecular weight is 426 g/mol. The van der Waals surface area contributed by atoms with Crippen LogP contribution in [0.2, 0.25) is 0 Å². The number of aromatic nitrogens is 2. The predicted molar refractivity (Wildman–Crippen MR) is 122 cm³/mol. The molecule has 1 aliphatic rings. The van der Waals surface area contributed by atoms with Crippen molar-refractivity contribution in [2.45, 2.75) is 13.8 Å². The number of carbonyl (C=O) groups excluding carboxylic acids is 1. The van der Waals surface area contributed by atoms with Crippen LogP contribution < -0.4 is 0 Å². The van der Waals surface area contributed by atoms with Crippen molar-refractivity contribution in [3.8, 4) is 16.3 Å². The minimum atomic E-state index is -0.0201. The Kier molecular flexibility index (Phi) is 5.48. The van der Waals surface area contributed by atoms with Gasteiger partial charge in [-0.05, 0) is 35.6 Å². The third kappa shape index (κ3) is 3.83. The fourth-order valence-electron chi connectivity index (χ4n) is 2.97. The molecule has 2 aromatic heterocycles. The maximum atomic E-state index is 12.9. The molecule has 1 aromatic carbocycles. The van der Waals surface area contributed by atoms with E-state index in [0.717, 1.165) is 21.8 Å². The molecule has 0 N–H and O–H groups in total. The first-order valence-corrected chi connectivity index (χ1v) is 11.1. The van der Waals surface area contributed by atoms with Crippen LogP contribution in [0.3, 0.4) is 0 Å². The zero-order chi connectivity index (χ0) is 19.7. The predicted octanol–water partition coefficient (Wildman–Crippen LogP) is 5.46. The topological polar surface area (TPSA) is 38.1 Å². The molecule has 4 nitrogen and oxygen atoms in total. The van der Waals surface area contributed by atoms with Gasteiger partial charge in [-0.15, -0.1) is 11.3 Å². The summed E-state index contributed by atoms with van der Waals surface area (Å²) in [4.78, 5) is 16.3. The van der Waals surface area contributed by atoms with Gasteiger partial charge in [-0.3, -0.25) is 9.69 Å². The van der Waals surface area contributed by atoms with E-state index in [9.17, 15) is 4.79 Å². The van der Waals surface area contributed by atoms with Crippen LogP contribution >= 0.6 is 35.3 Å². The van der Waals surface area contributed by atoms with E-state index in [4.69, 9.17) is 17.3 Å². The molecule has 1 amide bonds. The number of para-hydroxylation sites is 1. The zero-order valence-corrected chi connectivity index (χ0v) is 18.0. The Hall–Kier alpha value is -2.22. The lowest BCUT2D eigenvalue weighted by molar-refractivity contribution is -0.122. The van der Waals surface area contributed by atoms with Gasteiger partial charge in [0.05, 0.1) is 15.5 Å². The number of thiophene rings is 1. The average Bonchev–Trinajstić information content (AvgIpc) is 3.39. The van der Waals surface area contributed by atoms with Crippen LogP contribution in [-0.2, 0) is 4.79 Å². The van der Waals surface area contributed by atoms with Crippen molar-refractivity contribution >= 4 is 51.6 Å². The fourth-order valence-corrected chi connectivity index (χ4v) is 4.97. The van der Waals surface area contributed by atoms with Crippen LogP contribution in [0.1, 0.15) is 19.4 Å². The SMILES string of the molecule is CC(C)CN1C(=O)/C(=C/c2cn(-c3ccccc3)nc2-c2cccs2)SC1=S. The van der Waals surface area contributed by atoms with Crippen molar-refractivity contribution in [2.75, 3.05) is 6.54 Å². The Morgan fingerprint density at radius 3 is 2.64 bits per heavy atom. The van der Waals surface area contributed by atoms with E-state index >= 15 is 0 Å². The van der Waals surface area contributed by atoms with Gasteiger partial charge in [0.2, 0.25) is 0 Å². The smallest absolute Gasteiger partial charge is 0.266 e. The number of hydrogen-bond acceptors (Lipinski definition) is 5. The summed E-state index contributed by atoms with van der Waals surface area (Å²) in [6.07, 6.45) is 3.89. The summed E-state index contributed by atoms with van der Waals surface area (Å²) in [5.41, 5.74) is 2.76. The molecule has 4 rings (SSSR count). The molecule has 142 valence electrons. The molecule has 0 spiro atoms. The van der Waals surface area contributed by atoms with Gasteiger partial charge in [-0.1, -0.05) is 62.1 Å². The van der Waals surface area contributed by atoms with E-state index in [1.54, 1.807) is 16.2 Å². The molecule has 0 atom stereocenters. The van der Waals surface area contributed by atoms with Crippen molar-refractivity contribution in [3.05, 3.63) is 64.5 Å². The van der Waals surface area contributed by atoms with Crippen molar-refractivity contribution in [3.63, 3.8) is 0 Å². The first-order chi connectivity index (χ1) is 13.5. The minimum Gasteiger partial charge on any atom is -0.293 e. The summed E-state index contributed by atoms with van der Waals surface area (Å²) < 4.78 is 2.48. The number of thioether (sulfide) groups is 1. The minimum absolute atomic E-state index is 0.0201. The van der Waals surface area contributed by atoms with Crippen molar-refractivity contribution in [1.29, 1.82) is 0 Å². The second kappa shape index (κ2) is 8.03. The number of rotatable bonds is 5. The number of benzene rings is 1. The first kappa shape index (κ1) is 19.1. The summed E-state index contributed by atoms with van der Waals surface area (Å²) in [7, 11) is 0.